The smallest absolute Gasteiger partial charge is 0.274 e. The van der Waals surface area contributed by atoms with Crippen molar-refractivity contribution in [3.8, 4) is 0 Å². The molecule has 0 saturated heterocycles. The highest BCUT2D eigenvalue weighted by Gasteiger charge is 2.17. The normalized spacial score (nSPS) is 11.1. The van der Waals surface area contributed by atoms with Crippen LogP contribution in [0.25, 0.3) is 0 Å². The lowest BCUT2D eigenvalue weighted by atomic mass is 10.2. The van der Waals surface area contributed by atoms with E-state index < -0.39 is 15.9 Å². The van der Waals surface area contributed by atoms with Gasteiger partial charge in [-0.25, -0.2) is 13.9 Å². The molecule has 0 spiro atoms. The topological polar surface area (TPSA) is 84.5 Å². The van der Waals surface area contributed by atoms with Crippen LogP contribution in [0.4, 0.5) is 5.69 Å². The van der Waals surface area contributed by atoms with Crippen molar-refractivity contribution < 1.29 is 18.0 Å². The minimum atomic E-state index is -3.82. The Morgan fingerprint density at radius 1 is 1.17 bits per heavy atom. The quantitative estimate of drug-likeness (QED) is 0.758. The van der Waals surface area contributed by atoms with Gasteiger partial charge < -0.3 is 0 Å². The molecule has 0 radical (unpaired) electrons. The molecule has 23 heavy (non-hydrogen) atoms. The van der Waals surface area contributed by atoms with Crippen molar-refractivity contribution in [2.24, 2.45) is 0 Å². The molecule has 2 N–H and O–H groups in total. The van der Waals surface area contributed by atoms with Gasteiger partial charge in [-0.15, -0.1) is 0 Å². The van der Waals surface area contributed by atoms with Crippen LogP contribution < -0.4 is 10.2 Å². The molecule has 8 heteroatoms. The van der Waals surface area contributed by atoms with Crippen molar-refractivity contribution in [3.05, 3.63) is 58.1 Å². The molecule has 0 aliphatic carbocycles. The Hall–Kier alpha value is -1.90. The Morgan fingerprint density at radius 3 is 2.61 bits per heavy atom. The monoisotopic (exact) mass is 398 g/mol. The summed E-state index contributed by atoms with van der Waals surface area (Å²) in [6, 6.07) is 11.0. The zero-order valence-electron chi connectivity index (χ0n) is 12.5. The molecule has 0 atom stereocenters. The number of nitrogens with one attached hydrogen (secondary N) is 2. The maximum atomic E-state index is 12.5. The molecule has 0 unspecified atom stereocenters. The van der Waals surface area contributed by atoms with Gasteiger partial charge in [-0.3, -0.25) is 14.4 Å². The van der Waals surface area contributed by atoms with E-state index in [4.69, 9.17) is 0 Å². The maximum Gasteiger partial charge on any atom is 0.274 e. The van der Waals surface area contributed by atoms with Crippen LogP contribution in [0.15, 0.2) is 51.8 Å². The highest BCUT2D eigenvalue weighted by Crippen LogP contribution is 2.26. The second-order valence-corrected chi connectivity index (χ2v) is 7.29. The number of halogens is 1. The number of sulfonamides is 1. The zero-order chi connectivity index (χ0) is 17.0. The Balaban J connectivity index is 2.34. The summed E-state index contributed by atoms with van der Waals surface area (Å²) < 4.78 is 28.1. The van der Waals surface area contributed by atoms with Crippen molar-refractivity contribution in [3.63, 3.8) is 0 Å². The molecule has 0 aromatic heterocycles. The van der Waals surface area contributed by atoms with E-state index in [9.17, 15) is 13.2 Å². The summed E-state index contributed by atoms with van der Waals surface area (Å²) in [4.78, 5) is 16.2. The van der Waals surface area contributed by atoms with Crippen molar-refractivity contribution in [1.29, 1.82) is 0 Å². The fourth-order valence-electron chi connectivity index (χ4n) is 1.88. The van der Waals surface area contributed by atoms with Crippen molar-refractivity contribution in [2.45, 2.75) is 11.8 Å². The average Bonchev–Trinajstić information content (AvgIpc) is 2.51. The van der Waals surface area contributed by atoms with Gasteiger partial charge >= 0.3 is 0 Å². The standard InChI is InChI=1S/C15H15BrN2O4S/c1-10-6-7-13(16)14(8-10)18-23(20,21)12-5-3-4-11(9-12)15(19)17-22-2/h3-9,18H,1-2H3,(H,17,19). The Labute approximate surface area is 143 Å². The summed E-state index contributed by atoms with van der Waals surface area (Å²) in [6.07, 6.45) is 0. The van der Waals surface area contributed by atoms with Crippen LogP contribution in [0.3, 0.4) is 0 Å². The first-order valence-electron chi connectivity index (χ1n) is 6.56. The summed E-state index contributed by atoms with van der Waals surface area (Å²) in [6.45, 7) is 1.86. The largest absolute Gasteiger partial charge is 0.278 e. The molecule has 1 amide bonds. The van der Waals surface area contributed by atoms with E-state index in [0.717, 1.165) is 5.56 Å². The SMILES string of the molecule is CONC(=O)c1cccc(S(=O)(=O)Nc2cc(C)ccc2Br)c1. The van der Waals surface area contributed by atoms with Gasteiger partial charge in [0, 0.05) is 10.0 Å². The molecule has 0 heterocycles. The molecule has 2 aromatic rings. The van der Waals surface area contributed by atoms with Crippen LogP contribution in [-0.4, -0.2) is 21.4 Å². The molecule has 2 aromatic carbocycles. The van der Waals surface area contributed by atoms with E-state index in [1.165, 1.54) is 31.4 Å². The number of benzene rings is 2. The molecule has 0 aliphatic rings. The van der Waals surface area contributed by atoms with Crippen LogP contribution in [0, 0.1) is 6.92 Å². The van der Waals surface area contributed by atoms with Gasteiger partial charge in [0.15, 0.2) is 0 Å². The number of hydrogen-bond acceptors (Lipinski definition) is 4. The van der Waals surface area contributed by atoms with E-state index in [2.05, 4.69) is 31.0 Å². The van der Waals surface area contributed by atoms with E-state index in [0.29, 0.717) is 10.2 Å². The van der Waals surface area contributed by atoms with Gasteiger partial charge in [0.25, 0.3) is 15.9 Å². The number of carbonyl (C=O) groups is 1. The molecular formula is C15H15BrN2O4S. The van der Waals surface area contributed by atoms with Gasteiger partial charge in [0.2, 0.25) is 0 Å². The predicted octanol–water partition coefficient (Wildman–Crippen LogP) is 2.85. The van der Waals surface area contributed by atoms with E-state index in [1.54, 1.807) is 12.1 Å². The third-order valence-corrected chi connectivity index (χ3v) is 5.02. The lowest BCUT2D eigenvalue weighted by molar-refractivity contribution is 0.0537. The summed E-state index contributed by atoms with van der Waals surface area (Å²) in [5.41, 5.74) is 3.67. The number of hydroxylamine groups is 1. The zero-order valence-corrected chi connectivity index (χ0v) is 14.9. The minimum absolute atomic E-state index is 0.0188. The number of carbonyl (C=O) groups excluding carboxylic acids is 1. The number of hydrogen-bond donors (Lipinski definition) is 2. The molecule has 0 fully saturated rings. The van der Waals surface area contributed by atoms with Crippen molar-refractivity contribution in [2.75, 3.05) is 11.8 Å². The van der Waals surface area contributed by atoms with Crippen molar-refractivity contribution >= 4 is 37.5 Å². The number of amides is 1. The van der Waals surface area contributed by atoms with Gasteiger partial charge in [-0.05, 0) is 58.7 Å². The van der Waals surface area contributed by atoms with Crippen molar-refractivity contribution in [1.82, 2.24) is 5.48 Å². The summed E-state index contributed by atoms with van der Waals surface area (Å²) in [5.74, 6) is -0.527. The summed E-state index contributed by atoms with van der Waals surface area (Å²) >= 11 is 3.31. The minimum Gasteiger partial charge on any atom is -0.278 e. The van der Waals surface area contributed by atoms with E-state index in [1.807, 2.05) is 13.0 Å². The van der Waals surface area contributed by atoms with Crippen LogP contribution in [0.1, 0.15) is 15.9 Å². The average molecular weight is 399 g/mol. The summed E-state index contributed by atoms with van der Waals surface area (Å²) in [5, 5.41) is 0. The Morgan fingerprint density at radius 2 is 1.91 bits per heavy atom. The molecule has 0 bridgehead atoms. The lowest BCUT2D eigenvalue weighted by Gasteiger charge is -2.11. The molecule has 0 aliphatic heterocycles. The van der Waals surface area contributed by atoms with Gasteiger partial charge in [0.1, 0.15) is 0 Å². The third-order valence-electron chi connectivity index (χ3n) is 2.97. The second-order valence-electron chi connectivity index (χ2n) is 4.75. The van der Waals surface area contributed by atoms with Gasteiger partial charge in [0.05, 0.1) is 17.7 Å². The first-order chi connectivity index (χ1) is 10.8. The highest BCUT2D eigenvalue weighted by atomic mass is 79.9. The van der Waals surface area contributed by atoms with Crippen LogP contribution in [-0.2, 0) is 14.9 Å². The van der Waals surface area contributed by atoms with E-state index >= 15 is 0 Å². The second kappa shape index (κ2) is 7.12. The van der Waals surface area contributed by atoms with Crippen LogP contribution in [0.2, 0.25) is 0 Å². The molecule has 122 valence electrons. The van der Waals surface area contributed by atoms with Gasteiger partial charge in [-0.2, -0.15) is 0 Å². The number of anilines is 1. The molecule has 0 saturated carbocycles. The fraction of sp³-hybridized carbons (Fsp3) is 0.133. The van der Waals surface area contributed by atoms with E-state index in [-0.39, 0.29) is 10.5 Å². The molecule has 6 nitrogen and oxygen atoms in total. The third kappa shape index (κ3) is 4.31. The van der Waals surface area contributed by atoms with Gasteiger partial charge in [-0.1, -0.05) is 12.1 Å². The van der Waals surface area contributed by atoms with Crippen LogP contribution in [0.5, 0.6) is 0 Å². The number of rotatable bonds is 5. The first-order valence-corrected chi connectivity index (χ1v) is 8.83. The molecule has 2 rings (SSSR count). The first kappa shape index (κ1) is 17.5. The predicted molar refractivity (Wildman–Crippen MR) is 90.6 cm³/mol. The van der Waals surface area contributed by atoms with Crippen LogP contribution >= 0.6 is 15.9 Å². The lowest BCUT2D eigenvalue weighted by Crippen LogP contribution is -2.22. The number of aryl methyl sites for hydroxylation is 1. The summed E-state index contributed by atoms with van der Waals surface area (Å²) in [7, 11) is -2.52. The highest BCUT2D eigenvalue weighted by molar-refractivity contribution is 9.10. The Bertz CT molecular complexity index is 837. The Kier molecular flexibility index (Phi) is 5.40. The fourth-order valence-corrected chi connectivity index (χ4v) is 3.47. The maximum absolute atomic E-state index is 12.5. The molecular weight excluding hydrogens is 384 g/mol.